The second kappa shape index (κ2) is 6.12. The van der Waals surface area contributed by atoms with E-state index in [1.807, 2.05) is 13.8 Å². The minimum absolute atomic E-state index is 0.0188. The van der Waals surface area contributed by atoms with Gasteiger partial charge in [-0.15, -0.1) is 0 Å². The summed E-state index contributed by atoms with van der Waals surface area (Å²) in [5.41, 5.74) is 0. The third kappa shape index (κ3) is 4.25. The molecule has 0 unspecified atom stereocenters. The normalized spacial score (nSPS) is 12.7. The van der Waals surface area contributed by atoms with Gasteiger partial charge in [-0.05, 0) is 5.92 Å². The number of hydrogen-bond donors (Lipinski definition) is 1. The molecular weight excluding hydrogens is 252 g/mol. The van der Waals surface area contributed by atoms with E-state index in [4.69, 9.17) is 0 Å². The van der Waals surface area contributed by atoms with E-state index >= 15 is 0 Å². The van der Waals surface area contributed by atoms with Crippen LogP contribution in [0.4, 0.5) is 17.6 Å². The van der Waals surface area contributed by atoms with Crippen LogP contribution in [0, 0.1) is 5.92 Å². The molecule has 0 aliphatic carbocycles. The Hall–Kier alpha value is -1.18. The Morgan fingerprint density at radius 2 is 2.06 bits per heavy atom. The van der Waals surface area contributed by atoms with Crippen molar-refractivity contribution < 1.29 is 17.6 Å². The summed E-state index contributed by atoms with van der Waals surface area (Å²) < 4.78 is 50.6. The molecule has 8 heteroatoms. The van der Waals surface area contributed by atoms with E-state index in [9.17, 15) is 17.6 Å². The quantitative estimate of drug-likeness (QED) is 0.768. The third-order valence-corrected chi connectivity index (χ3v) is 2.20. The van der Waals surface area contributed by atoms with E-state index in [0.29, 0.717) is 18.3 Å². The van der Waals surface area contributed by atoms with E-state index in [1.165, 1.54) is 6.33 Å². The van der Waals surface area contributed by atoms with E-state index in [-0.39, 0.29) is 6.54 Å². The predicted octanol–water partition coefficient (Wildman–Crippen LogP) is 1.92. The fourth-order valence-corrected chi connectivity index (χ4v) is 1.34. The molecule has 0 aliphatic rings. The first-order valence-corrected chi connectivity index (χ1v) is 5.56. The molecule has 0 saturated carbocycles. The maximum absolute atomic E-state index is 12.6. The maximum atomic E-state index is 12.6. The molecule has 0 saturated heterocycles. The number of nitrogens with one attached hydrogen (secondary N) is 1. The lowest BCUT2D eigenvalue weighted by Crippen LogP contribution is -2.39. The number of rotatable bonds is 7. The Kier molecular flexibility index (Phi) is 5.06. The van der Waals surface area contributed by atoms with Crippen molar-refractivity contribution in [1.29, 1.82) is 0 Å². The lowest BCUT2D eigenvalue weighted by molar-refractivity contribution is -0.125. The van der Waals surface area contributed by atoms with Crippen molar-refractivity contribution in [1.82, 2.24) is 20.1 Å². The van der Waals surface area contributed by atoms with Gasteiger partial charge >= 0.3 is 12.3 Å². The van der Waals surface area contributed by atoms with Gasteiger partial charge in [0.2, 0.25) is 0 Å². The Balaban J connectivity index is 2.47. The van der Waals surface area contributed by atoms with Crippen molar-refractivity contribution in [3.8, 4) is 0 Å². The van der Waals surface area contributed by atoms with Crippen molar-refractivity contribution in [3.05, 3.63) is 12.2 Å². The maximum Gasteiger partial charge on any atom is 0.319 e. The van der Waals surface area contributed by atoms with Crippen LogP contribution < -0.4 is 5.32 Å². The van der Waals surface area contributed by atoms with Gasteiger partial charge < -0.3 is 5.32 Å². The van der Waals surface area contributed by atoms with Crippen LogP contribution >= 0.6 is 0 Å². The SMILES string of the molecule is CC(C)Cn1ncnc1CNCC(F)(F)C(F)F. The van der Waals surface area contributed by atoms with Crippen LogP contribution in [0.1, 0.15) is 19.7 Å². The minimum Gasteiger partial charge on any atom is -0.304 e. The zero-order valence-electron chi connectivity index (χ0n) is 10.2. The standard InChI is InChI=1S/C10H16F4N4/c1-7(2)4-18-8(16-6-17-18)3-15-5-10(13,14)9(11)12/h6-7,9,15H,3-5H2,1-2H3. The van der Waals surface area contributed by atoms with Gasteiger partial charge in [0.15, 0.2) is 0 Å². The van der Waals surface area contributed by atoms with Gasteiger partial charge in [-0.25, -0.2) is 18.4 Å². The summed E-state index contributed by atoms with van der Waals surface area (Å²) in [6.45, 7) is 3.45. The van der Waals surface area contributed by atoms with Crippen molar-refractivity contribution in [2.24, 2.45) is 5.92 Å². The average molecular weight is 268 g/mol. The zero-order chi connectivity index (χ0) is 13.8. The number of alkyl halides is 4. The molecule has 0 amide bonds. The molecule has 0 bridgehead atoms. The smallest absolute Gasteiger partial charge is 0.304 e. The van der Waals surface area contributed by atoms with Gasteiger partial charge in [0, 0.05) is 6.54 Å². The molecule has 104 valence electrons. The second-order valence-corrected chi connectivity index (χ2v) is 4.42. The minimum atomic E-state index is -4.02. The first kappa shape index (κ1) is 14.9. The van der Waals surface area contributed by atoms with Crippen LogP contribution in [-0.4, -0.2) is 33.7 Å². The van der Waals surface area contributed by atoms with Crippen molar-refractivity contribution in [2.45, 2.75) is 39.3 Å². The highest BCUT2D eigenvalue weighted by Crippen LogP contribution is 2.21. The molecule has 1 rings (SSSR count). The Morgan fingerprint density at radius 1 is 1.39 bits per heavy atom. The van der Waals surface area contributed by atoms with E-state index < -0.39 is 18.9 Å². The van der Waals surface area contributed by atoms with Crippen molar-refractivity contribution in [2.75, 3.05) is 6.54 Å². The third-order valence-electron chi connectivity index (χ3n) is 2.20. The molecule has 1 aromatic rings. The van der Waals surface area contributed by atoms with Gasteiger partial charge in [-0.2, -0.15) is 13.9 Å². The topological polar surface area (TPSA) is 42.7 Å². The molecule has 0 aliphatic heterocycles. The molecule has 0 atom stereocenters. The van der Waals surface area contributed by atoms with Crippen LogP contribution in [-0.2, 0) is 13.1 Å². The Labute approximate surface area is 102 Å². The van der Waals surface area contributed by atoms with Crippen molar-refractivity contribution >= 4 is 0 Å². The fraction of sp³-hybridized carbons (Fsp3) is 0.800. The zero-order valence-corrected chi connectivity index (χ0v) is 10.2. The molecule has 18 heavy (non-hydrogen) atoms. The summed E-state index contributed by atoms with van der Waals surface area (Å²) in [6, 6.07) is 0. The number of halogens is 4. The number of hydrogen-bond acceptors (Lipinski definition) is 3. The van der Waals surface area contributed by atoms with Crippen LogP contribution in [0.3, 0.4) is 0 Å². The molecule has 0 fully saturated rings. The highest BCUT2D eigenvalue weighted by Gasteiger charge is 2.40. The summed E-state index contributed by atoms with van der Waals surface area (Å²) >= 11 is 0. The number of aromatic nitrogens is 3. The summed E-state index contributed by atoms with van der Waals surface area (Å²) in [6.07, 6.45) is -2.36. The summed E-state index contributed by atoms with van der Waals surface area (Å²) in [5, 5.41) is 6.21. The van der Waals surface area contributed by atoms with E-state index in [0.717, 1.165) is 0 Å². The molecule has 0 radical (unpaired) electrons. The van der Waals surface area contributed by atoms with Crippen LogP contribution in [0.5, 0.6) is 0 Å². The van der Waals surface area contributed by atoms with Crippen molar-refractivity contribution in [3.63, 3.8) is 0 Å². The lowest BCUT2D eigenvalue weighted by atomic mass is 10.2. The van der Waals surface area contributed by atoms with Crippen LogP contribution in [0.15, 0.2) is 6.33 Å². The average Bonchev–Trinajstić information content (AvgIpc) is 2.64. The van der Waals surface area contributed by atoms with Crippen LogP contribution in [0.25, 0.3) is 0 Å². The van der Waals surface area contributed by atoms with Gasteiger partial charge in [0.1, 0.15) is 12.2 Å². The first-order chi connectivity index (χ1) is 8.33. The second-order valence-electron chi connectivity index (χ2n) is 4.42. The molecular formula is C10H16F4N4. The Bertz CT molecular complexity index is 365. The van der Waals surface area contributed by atoms with Gasteiger partial charge in [0.25, 0.3) is 0 Å². The summed E-state index contributed by atoms with van der Waals surface area (Å²) in [7, 11) is 0. The molecule has 1 aromatic heterocycles. The molecule has 1 N–H and O–H groups in total. The van der Waals surface area contributed by atoms with Crippen LogP contribution in [0.2, 0.25) is 0 Å². The summed E-state index contributed by atoms with van der Waals surface area (Å²) in [4.78, 5) is 3.89. The van der Waals surface area contributed by atoms with E-state index in [1.54, 1.807) is 4.68 Å². The lowest BCUT2D eigenvalue weighted by Gasteiger charge is -2.16. The largest absolute Gasteiger partial charge is 0.319 e. The van der Waals surface area contributed by atoms with Gasteiger partial charge in [-0.3, -0.25) is 0 Å². The van der Waals surface area contributed by atoms with Gasteiger partial charge in [-0.1, -0.05) is 13.8 Å². The van der Waals surface area contributed by atoms with E-state index in [2.05, 4.69) is 15.4 Å². The molecule has 0 spiro atoms. The molecule has 0 aromatic carbocycles. The molecule has 4 nitrogen and oxygen atoms in total. The first-order valence-electron chi connectivity index (χ1n) is 5.56. The Morgan fingerprint density at radius 3 is 2.61 bits per heavy atom. The fourth-order valence-electron chi connectivity index (χ4n) is 1.34. The monoisotopic (exact) mass is 268 g/mol. The highest BCUT2D eigenvalue weighted by atomic mass is 19.3. The summed E-state index contributed by atoms with van der Waals surface area (Å²) in [5.74, 6) is -3.25. The highest BCUT2D eigenvalue weighted by molar-refractivity contribution is 4.85. The van der Waals surface area contributed by atoms with Gasteiger partial charge in [0.05, 0.1) is 13.1 Å². The number of nitrogens with zero attached hydrogens (tertiary/aromatic N) is 3. The molecule has 1 heterocycles. The predicted molar refractivity (Wildman–Crippen MR) is 57.5 cm³/mol.